The van der Waals surface area contributed by atoms with E-state index in [1.807, 2.05) is 23.1 Å². The van der Waals surface area contributed by atoms with Crippen molar-refractivity contribution in [3.8, 4) is 5.75 Å². The second-order valence-corrected chi connectivity index (χ2v) is 8.53. The van der Waals surface area contributed by atoms with Gasteiger partial charge in [-0.2, -0.15) is 0 Å². The summed E-state index contributed by atoms with van der Waals surface area (Å²) in [5.41, 5.74) is 1.82. The van der Waals surface area contributed by atoms with E-state index in [4.69, 9.17) is 4.74 Å². The van der Waals surface area contributed by atoms with Crippen LogP contribution in [0.4, 0.5) is 0 Å². The molecule has 7 nitrogen and oxygen atoms in total. The Bertz CT molecular complexity index is 886. The second kappa shape index (κ2) is 9.49. The van der Waals surface area contributed by atoms with Crippen molar-refractivity contribution < 1.29 is 14.3 Å². The van der Waals surface area contributed by atoms with E-state index in [2.05, 4.69) is 15.3 Å². The molecule has 2 fully saturated rings. The van der Waals surface area contributed by atoms with Gasteiger partial charge in [-0.1, -0.05) is 25.7 Å². The number of piperidine rings is 1. The van der Waals surface area contributed by atoms with Gasteiger partial charge in [-0.05, 0) is 31.4 Å². The van der Waals surface area contributed by atoms with Crippen LogP contribution in [-0.2, 0) is 16.0 Å². The lowest BCUT2D eigenvalue weighted by molar-refractivity contribution is -0.141. The van der Waals surface area contributed by atoms with Gasteiger partial charge >= 0.3 is 0 Å². The third-order valence-electron chi connectivity index (χ3n) is 6.48. The Balaban J connectivity index is 1.29. The quantitative estimate of drug-likeness (QED) is 0.714. The summed E-state index contributed by atoms with van der Waals surface area (Å²) in [5.74, 6) is 1.81. The molecule has 0 bridgehead atoms. The van der Waals surface area contributed by atoms with Gasteiger partial charge in [0.2, 0.25) is 11.8 Å². The number of benzene rings is 1. The Kier molecular flexibility index (Phi) is 6.55. The van der Waals surface area contributed by atoms with Crippen molar-refractivity contribution in [1.29, 1.82) is 0 Å². The first-order valence-corrected chi connectivity index (χ1v) is 11.2. The molecule has 2 aliphatic rings. The van der Waals surface area contributed by atoms with Crippen molar-refractivity contribution >= 4 is 22.8 Å². The van der Waals surface area contributed by atoms with Gasteiger partial charge in [0.05, 0.1) is 24.1 Å². The van der Waals surface area contributed by atoms with Gasteiger partial charge in [-0.15, -0.1) is 0 Å². The number of hydrogen-bond donors (Lipinski definition) is 2. The average Bonchev–Trinajstić information content (AvgIpc) is 2.96. The molecular formula is C23H32N4O3. The van der Waals surface area contributed by atoms with E-state index in [1.165, 1.54) is 25.7 Å². The molecule has 2 heterocycles. The number of amides is 2. The number of fused-ring (bicyclic) bond motifs is 1. The largest absolute Gasteiger partial charge is 0.497 e. The standard InChI is InChI=1S/C23H32N4O3/c1-30-18-9-10-19-20(14-18)26-21(25-19)12-13-24-23(29)16-8-11-22(28)27(15-16)17-6-4-2-3-5-7-17/h9-10,14,16-17H,2-8,11-13,15H2,1H3,(H,24,29)(H,25,26). The van der Waals surface area contributed by atoms with Crippen LogP contribution in [0.3, 0.4) is 0 Å². The monoisotopic (exact) mass is 412 g/mol. The van der Waals surface area contributed by atoms with Crippen molar-refractivity contribution in [2.75, 3.05) is 20.2 Å². The molecule has 1 aromatic carbocycles. The fraction of sp³-hybridized carbons (Fsp3) is 0.609. The lowest BCUT2D eigenvalue weighted by atomic mass is 9.93. The molecule has 1 aliphatic carbocycles. The first-order chi connectivity index (χ1) is 14.6. The van der Waals surface area contributed by atoms with Crippen LogP contribution in [0.25, 0.3) is 11.0 Å². The minimum absolute atomic E-state index is 0.0545. The number of aromatic amines is 1. The highest BCUT2D eigenvalue weighted by Gasteiger charge is 2.34. The van der Waals surface area contributed by atoms with Gasteiger partial charge in [0.1, 0.15) is 11.6 Å². The SMILES string of the molecule is COc1ccc2nc(CCNC(=O)C3CCC(=O)N(C4CCCCCC4)C3)[nH]c2c1. The summed E-state index contributed by atoms with van der Waals surface area (Å²) in [7, 11) is 1.64. The number of aromatic nitrogens is 2. The average molecular weight is 413 g/mol. The molecule has 30 heavy (non-hydrogen) atoms. The van der Waals surface area contributed by atoms with E-state index in [1.54, 1.807) is 7.11 Å². The Morgan fingerprint density at radius 3 is 2.80 bits per heavy atom. The highest BCUT2D eigenvalue weighted by Crippen LogP contribution is 2.27. The topological polar surface area (TPSA) is 87.3 Å². The summed E-state index contributed by atoms with van der Waals surface area (Å²) in [6.45, 7) is 1.10. The van der Waals surface area contributed by atoms with Crippen LogP contribution in [0.5, 0.6) is 5.75 Å². The van der Waals surface area contributed by atoms with E-state index in [0.29, 0.717) is 38.4 Å². The number of ether oxygens (including phenoxy) is 1. The smallest absolute Gasteiger partial charge is 0.224 e. The molecule has 2 amide bonds. The van der Waals surface area contributed by atoms with Crippen molar-refractivity contribution in [2.45, 2.75) is 63.8 Å². The number of nitrogens with one attached hydrogen (secondary N) is 2. The maximum Gasteiger partial charge on any atom is 0.224 e. The Hall–Kier alpha value is -2.57. The third-order valence-corrected chi connectivity index (χ3v) is 6.48. The van der Waals surface area contributed by atoms with Crippen LogP contribution in [0, 0.1) is 5.92 Å². The van der Waals surface area contributed by atoms with Gasteiger partial charge in [-0.25, -0.2) is 4.98 Å². The number of H-pyrrole nitrogens is 1. The number of imidazole rings is 1. The van der Waals surface area contributed by atoms with Crippen molar-refractivity contribution in [2.24, 2.45) is 5.92 Å². The number of rotatable bonds is 6. The van der Waals surface area contributed by atoms with Gasteiger partial charge in [0.15, 0.2) is 0 Å². The van der Waals surface area contributed by atoms with Crippen molar-refractivity contribution in [3.05, 3.63) is 24.0 Å². The van der Waals surface area contributed by atoms with Crippen LogP contribution in [0.2, 0.25) is 0 Å². The maximum absolute atomic E-state index is 12.8. The first-order valence-electron chi connectivity index (χ1n) is 11.2. The van der Waals surface area contributed by atoms with E-state index >= 15 is 0 Å². The zero-order chi connectivity index (χ0) is 20.9. The second-order valence-electron chi connectivity index (χ2n) is 8.53. The van der Waals surface area contributed by atoms with Gasteiger partial charge in [0.25, 0.3) is 0 Å². The van der Waals surface area contributed by atoms with Crippen LogP contribution < -0.4 is 10.1 Å². The van der Waals surface area contributed by atoms with Crippen molar-refractivity contribution in [1.82, 2.24) is 20.2 Å². The van der Waals surface area contributed by atoms with E-state index in [0.717, 1.165) is 35.4 Å². The van der Waals surface area contributed by atoms with E-state index in [-0.39, 0.29) is 17.7 Å². The minimum Gasteiger partial charge on any atom is -0.497 e. The Morgan fingerprint density at radius 1 is 1.23 bits per heavy atom. The fourth-order valence-corrected chi connectivity index (χ4v) is 4.74. The fourth-order valence-electron chi connectivity index (χ4n) is 4.74. The summed E-state index contributed by atoms with van der Waals surface area (Å²) < 4.78 is 5.25. The third kappa shape index (κ3) is 4.77. The summed E-state index contributed by atoms with van der Waals surface area (Å²) in [4.78, 5) is 35.1. The first kappa shape index (κ1) is 20.7. The number of likely N-dealkylation sites (tertiary alicyclic amines) is 1. The molecule has 1 atom stereocenters. The van der Waals surface area contributed by atoms with Crippen LogP contribution in [0.1, 0.15) is 57.2 Å². The molecule has 1 saturated heterocycles. The van der Waals surface area contributed by atoms with Crippen LogP contribution in [0.15, 0.2) is 18.2 Å². The summed E-state index contributed by atoms with van der Waals surface area (Å²) in [6, 6.07) is 6.06. The molecule has 7 heteroatoms. The zero-order valence-corrected chi connectivity index (χ0v) is 17.8. The molecule has 4 rings (SSSR count). The molecule has 2 N–H and O–H groups in total. The van der Waals surface area contributed by atoms with Crippen LogP contribution >= 0.6 is 0 Å². The molecule has 1 saturated carbocycles. The Morgan fingerprint density at radius 2 is 2.03 bits per heavy atom. The molecule has 162 valence electrons. The predicted molar refractivity (Wildman–Crippen MR) is 115 cm³/mol. The highest BCUT2D eigenvalue weighted by molar-refractivity contribution is 5.84. The lowest BCUT2D eigenvalue weighted by Crippen LogP contribution is -2.50. The summed E-state index contributed by atoms with van der Waals surface area (Å²) in [6.07, 6.45) is 8.84. The number of nitrogens with zero attached hydrogens (tertiary/aromatic N) is 2. The molecular weight excluding hydrogens is 380 g/mol. The normalized spacial score (nSPS) is 20.9. The van der Waals surface area contributed by atoms with Gasteiger partial charge in [0, 0.05) is 38.0 Å². The van der Waals surface area contributed by atoms with Crippen molar-refractivity contribution in [3.63, 3.8) is 0 Å². The van der Waals surface area contributed by atoms with E-state index < -0.39 is 0 Å². The lowest BCUT2D eigenvalue weighted by Gasteiger charge is -2.37. The molecule has 0 spiro atoms. The predicted octanol–water partition coefficient (Wildman–Crippen LogP) is 3.19. The molecule has 1 aliphatic heterocycles. The van der Waals surface area contributed by atoms with Gasteiger partial charge < -0.3 is 19.9 Å². The molecule has 0 radical (unpaired) electrons. The number of hydrogen-bond acceptors (Lipinski definition) is 4. The van der Waals surface area contributed by atoms with Gasteiger partial charge in [-0.3, -0.25) is 9.59 Å². The Labute approximate surface area is 177 Å². The zero-order valence-electron chi connectivity index (χ0n) is 17.8. The van der Waals surface area contributed by atoms with Crippen LogP contribution in [-0.4, -0.2) is 52.9 Å². The van der Waals surface area contributed by atoms with E-state index in [9.17, 15) is 9.59 Å². The number of carbonyl (C=O) groups excluding carboxylic acids is 2. The summed E-state index contributed by atoms with van der Waals surface area (Å²) >= 11 is 0. The highest BCUT2D eigenvalue weighted by atomic mass is 16.5. The number of methoxy groups -OCH3 is 1. The minimum atomic E-state index is -0.106. The maximum atomic E-state index is 12.8. The number of carbonyl (C=O) groups is 2. The molecule has 1 aromatic heterocycles. The summed E-state index contributed by atoms with van der Waals surface area (Å²) in [5, 5.41) is 3.06. The molecule has 1 unspecified atom stereocenters. The molecule has 2 aromatic rings.